The van der Waals surface area contributed by atoms with Gasteiger partial charge in [-0.3, -0.25) is 0 Å². The smallest absolute Gasteiger partial charge is 0.236 e. The molecule has 106 valence electrons. The Labute approximate surface area is 123 Å². The number of benzene rings is 2. The van der Waals surface area contributed by atoms with Gasteiger partial charge in [-0.25, -0.2) is 17.4 Å². The monoisotopic (exact) mass is 298 g/mol. The normalized spacial score (nSPS) is 11.5. The third-order valence-electron chi connectivity index (χ3n) is 3.22. The Balaban J connectivity index is 2.13. The van der Waals surface area contributed by atoms with Crippen LogP contribution in [0.5, 0.6) is 0 Å². The summed E-state index contributed by atoms with van der Waals surface area (Å²) in [6, 6.07) is 16.1. The summed E-state index contributed by atoms with van der Waals surface area (Å²) in [5.74, 6) is 0.413. The molecule has 0 aliphatic rings. The van der Waals surface area contributed by atoms with E-state index in [2.05, 4.69) is 4.98 Å². The van der Waals surface area contributed by atoms with Gasteiger partial charge >= 0.3 is 0 Å². The molecule has 0 aliphatic heterocycles. The Morgan fingerprint density at radius 2 is 1.62 bits per heavy atom. The molecular weight excluding hydrogens is 284 g/mol. The van der Waals surface area contributed by atoms with E-state index >= 15 is 0 Å². The molecule has 0 saturated carbocycles. The molecule has 0 amide bonds. The van der Waals surface area contributed by atoms with Crippen LogP contribution >= 0.6 is 0 Å². The predicted octanol–water partition coefficient (Wildman–Crippen LogP) is 3.10. The van der Waals surface area contributed by atoms with Crippen molar-refractivity contribution >= 4 is 10.0 Å². The van der Waals surface area contributed by atoms with Crippen LogP contribution < -0.4 is 0 Å². The van der Waals surface area contributed by atoms with Crippen molar-refractivity contribution in [2.45, 2.75) is 11.8 Å². The van der Waals surface area contributed by atoms with Crippen LogP contribution in [0.2, 0.25) is 0 Å². The molecule has 1 aromatic heterocycles. The minimum absolute atomic E-state index is 0.253. The maximum Gasteiger partial charge on any atom is 0.269 e. The summed E-state index contributed by atoms with van der Waals surface area (Å²) >= 11 is 0. The number of hydrogen-bond acceptors (Lipinski definition) is 3. The van der Waals surface area contributed by atoms with Crippen LogP contribution in [0.3, 0.4) is 0 Å². The van der Waals surface area contributed by atoms with Crippen molar-refractivity contribution in [3.8, 4) is 11.4 Å². The molecule has 0 N–H and O–H groups in total. The summed E-state index contributed by atoms with van der Waals surface area (Å²) in [5, 5.41) is 0. The van der Waals surface area contributed by atoms with Crippen molar-refractivity contribution in [3.05, 3.63) is 72.6 Å². The first-order chi connectivity index (χ1) is 10.1. The van der Waals surface area contributed by atoms with Crippen LogP contribution in [-0.2, 0) is 10.0 Å². The molecule has 2 aromatic carbocycles. The second-order valence-electron chi connectivity index (χ2n) is 4.73. The standard InChI is InChI=1S/C16H14N2O2S/c1-13-7-9-15(10-8-13)21(19,20)18-12-11-17-16(18)14-5-3-2-4-6-14/h2-12H,1H3. The maximum atomic E-state index is 12.7. The zero-order valence-corrected chi connectivity index (χ0v) is 12.3. The summed E-state index contributed by atoms with van der Waals surface area (Å²) in [6.45, 7) is 1.92. The second kappa shape index (κ2) is 5.18. The van der Waals surface area contributed by atoms with E-state index in [1.165, 1.54) is 16.4 Å². The van der Waals surface area contributed by atoms with Crippen LogP contribution in [0.1, 0.15) is 5.56 Å². The fourth-order valence-corrected chi connectivity index (χ4v) is 3.40. The predicted molar refractivity (Wildman–Crippen MR) is 81.4 cm³/mol. The van der Waals surface area contributed by atoms with E-state index in [9.17, 15) is 8.42 Å². The third-order valence-corrected chi connectivity index (χ3v) is 4.90. The first-order valence-corrected chi connectivity index (χ1v) is 7.94. The fourth-order valence-electron chi connectivity index (χ4n) is 2.10. The zero-order chi connectivity index (χ0) is 14.9. The average Bonchev–Trinajstić information content (AvgIpc) is 2.99. The van der Waals surface area contributed by atoms with Gasteiger partial charge in [-0.05, 0) is 19.1 Å². The van der Waals surface area contributed by atoms with E-state index in [1.54, 1.807) is 24.3 Å². The Morgan fingerprint density at radius 1 is 0.952 bits per heavy atom. The van der Waals surface area contributed by atoms with Gasteiger partial charge in [0.1, 0.15) is 0 Å². The zero-order valence-electron chi connectivity index (χ0n) is 11.5. The molecule has 3 rings (SSSR count). The van der Waals surface area contributed by atoms with Crippen molar-refractivity contribution in [1.82, 2.24) is 8.96 Å². The van der Waals surface area contributed by atoms with Crippen LogP contribution in [0.15, 0.2) is 71.9 Å². The Morgan fingerprint density at radius 3 is 2.29 bits per heavy atom. The Hall–Kier alpha value is -2.40. The molecule has 5 heteroatoms. The number of aromatic nitrogens is 2. The number of aryl methyl sites for hydroxylation is 1. The summed E-state index contributed by atoms with van der Waals surface area (Å²) in [4.78, 5) is 4.43. The van der Waals surface area contributed by atoms with E-state index in [0.717, 1.165) is 11.1 Å². The molecule has 0 aliphatic carbocycles. The fraction of sp³-hybridized carbons (Fsp3) is 0.0625. The summed E-state index contributed by atoms with van der Waals surface area (Å²) in [7, 11) is -3.64. The molecule has 0 fully saturated rings. The summed E-state index contributed by atoms with van der Waals surface area (Å²) < 4.78 is 26.7. The van der Waals surface area contributed by atoms with E-state index in [4.69, 9.17) is 0 Å². The van der Waals surface area contributed by atoms with E-state index in [-0.39, 0.29) is 4.90 Å². The second-order valence-corrected chi connectivity index (χ2v) is 6.55. The van der Waals surface area contributed by atoms with Crippen molar-refractivity contribution in [3.63, 3.8) is 0 Å². The number of hydrogen-bond donors (Lipinski definition) is 0. The molecule has 3 aromatic rings. The van der Waals surface area contributed by atoms with Crippen molar-refractivity contribution in [1.29, 1.82) is 0 Å². The van der Waals surface area contributed by atoms with Crippen LogP contribution in [0.25, 0.3) is 11.4 Å². The lowest BCUT2D eigenvalue weighted by Gasteiger charge is -2.09. The summed E-state index contributed by atoms with van der Waals surface area (Å²) in [6.07, 6.45) is 2.96. The average molecular weight is 298 g/mol. The van der Waals surface area contributed by atoms with Gasteiger partial charge < -0.3 is 0 Å². The molecule has 0 bridgehead atoms. The highest BCUT2D eigenvalue weighted by atomic mass is 32.2. The summed E-state index contributed by atoms with van der Waals surface area (Å²) in [5.41, 5.74) is 1.78. The van der Waals surface area contributed by atoms with Gasteiger partial charge in [0.05, 0.1) is 4.90 Å². The van der Waals surface area contributed by atoms with Crippen LogP contribution in [0, 0.1) is 6.92 Å². The molecule has 0 saturated heterocycles. The van der Waals surface area contributed by atoms with Gasteiger partial charge in [0.25, 0.3) is 10.0 Å². The molecule has 0 unspecified atom stereocenters. The van der Waals surface area contributed by atoms with Gasteiger partial charge in [0.2, 0.25) is 0 Å². The Bertz CT molecular complexity index is 851. The SMILES string of the molecule is Cc1ccc(S(=O)(=O)n2ccnc2-c2ccccc2)cc1. The van der Waals surface area contributed by atoms with Crippen molar-refractivity contribution in [2.75, 3.05) is 0 Å². The highest BCUT2D eigenvalue weighted by Gasteiger charge is 2.20. The van der Waals surface area contributed by atoms with Crippen LogP contribution in [-0.4, -0.2) is 17.4 Å². The largest absolute Gasteiger partial charge is 0.269 e. The topological polar surface area (TPSA) is 52.0 Å². The lowest BCUT2D eigenvalue weighted by Crippen LogP contribution is -2.13. The van der Waals surface area contributed by atoms with Crippen LogP contribution in [0.4, 0.5) is 0 Å². The highest BCUT2D eigenvalue weighted by molar-refractivity contribution is 7.90. The van der Waals surface area contributed by atoms with Gasteiger partial charge in [-0.15, -0.1) is 0 Å². The van der Waals surface area contributed by atoms with E-state index < -0.39 is 10.0 Å². The first-order valence-electron chi connectivity index (χ1n) is 6.50. The minimum atomic E-state index is -3.64. The van der Waals surface area contributed by atoms with Crippen molar-refractivity contribution < 1.29 is 8.42 Å². The molecule has 0 spiro atoms. The quantitative estimate of drug-likeness (QED) is 0.746. The van der Waals surface area contributed by atoms with E-state index in [1.807, 2.05) is 37.3 Å². The van der Waals surface area contributed by atoms with Gasteiger partial charge in [0, 0.05) is 18.0 Å². The number of rotatable bonds is 3. The molecular formula is C16H14N2O2S. The minimum Gasteiger partial charge on any atom is -0.236 e. The molecule has 21 heavy (non-hydrogen) atoms. The molecule has 0 atom stereocenters. The molecule has 0 radical (unpaired) electrons. The lowest BCUT2D eigenvalue weighted by molar-refractivity contribution is 0.588. The Kier molecular flexibility index (Phi) is 3.35. The number of nitrogens with zero attached hydrogens (tertiary/aromatic N) is 2. The molecule has 4 nitrogen and oxygen atoms in total. The third kappa shape index (κ3) is 2.48. The van der Waals surface area contributed by atoms with Gasteiger partial charge in [-0.1, -0.05) is 48.0 Å². The molecule has 1 heterocycles. The highest BCUT2D eigenvalue weighted by Crippen LogP contribution is 2.22. The first kappa shape index (κ1) is 13.6. The van der Waals surface area contributed by atoms with Gasteiger partial charge in [-0.2, -0.15) is 0 Å². The van der Waals surface area contributed by atoms with Gasteiger partial charge in [0.15, 0.2) is 5.82 Å². The van der Waals surface area contributed by atoms with Crippen molar-refractivity contribution in [2.24, 2.45) is 0 Å². The van der Waals surface area contributed by atoms with E-state index in [0.29, 0.717) is 5.82 Å². The number of imidazole rings is 1. The lowest BCUT2D eigenvalue weighted by atomic mass is 10.2. The maximum absolute atomic E-state index is 12.7.